The van der Waals surface area contributed by atoms with Crippen LogP contribution in [0, 0.1) is 11.3 Å². The van der Waals surface area contributed by atoms with Crippen LogP contribution in [0.25, 0.3) is 0 Å². The SMILES string of the molecule is COC(=O)c1nc(SC)nc(N2CCN(C(=O)OC(C)(C)C)C(CC#N)C2)c1/C=N/Nc1cccc(Cl)c1C(F)(F)F. The lowest BCUT2D eigenvalue weighted by atomic mass is 10.1. The van der Waals surface area contributed by atoms with Crippen molar-refractivity contribution in [3.05, 3.63) is 40.0 Å². The first-order valence-electron chi connectivity index (χ1n) is 12.5. The number of nitrogens with zero attached hydrogens (tertiary/aromatic N) is 6. The fourth-order valence-corrected chi connectivity index (χ4v) is 4.74. The lowest BCUT2D eigenvalue weighted by Crippen LogP contribution is -2.56. The van der Waals surface area contributed by atoms with Gasteiger partial charge in [0.15, 0.2) is 10.9 Å². The van der Waals surface area contributed by atoms with Gasteiger partial charge in [0.1, 0.15) is 11.4 Å². The molecule has 1 aliphatic rings. The normalized spacial score (nSPS) is 15.9. The molecule has 1 unspecified atom stereocenters. The Labute approximate surface area is 250 Å². The van der Waals surface area contributed by atoms with Crippen LogP contribution in [0.5, 0.6) is 0 Å². The molecule has 2 aromatic rings. The van der Waals surface area contributed by atoms with Crippen LogP contribution < -0.4 is 10.3 Å². The van der Waals surface area contributed by atoms with Crippen LogP contribution in [-0.2, 0) is 15.7 Å². The smallest absolute Gasteiger partial charge is 0.419 e. The van der Waals surface area contributed by atoms with Crippen molar-refractivity contribution in [1.82, 2.24) is 14.9 Å². The van der Waals surface area contributed by atoms with Gasteiger partial charge in [-0.15, -0.1) is 0 Å². The van der Waals surface area contributed by atoms with Gasteiger partial charge in [-0.1, -0.05) is 29.4 Å². The highest BCUT2D eigenvalue weighted by Gasteiger charge is 2.37. The second-order valence-corrected chi connectivity index (χ2v) is 11.1. The quantitative estimate of drug-likeness (QED) is 0.139. The van der Waals surface area contributed by atoms with Crippen LogP contribution in [0.2, 0.25) is 5.02 Å². The van der Waals surface area contributed by atoms with Crippen molar-refractivity contribution in [2.45, 2.75) is 50.2 Å². The second-order valence-electron chi connectivity index (χ2n) is 9.95. The van der Waals surface area contributed by atoms with Gasteiger partial charge in [-0.2, -0.15) is 23.5 Å². The molecule has 0 spiro atoms. The number of aromatic nitrogens is 2. The summed E-state index contributed by atoms with van der Waals surface area (Å²) in [6.45, 7) is 5.74. The molecule has 1 aliphatic heterocycles. The van der Waals surface area contributed by atoms with Gasteiger partial charge in [-0.05, 0) is 39.2 Å². The minimum absolute atomic E-state index is 0.0139. The number of methoxy groups -OCH3 is 1. The number of hydrogen-bond acceptors (Lipinski definition) is 11. The van der Waals surface area contributed by atoms with Crippen molar-refractivity contribution in [2.24, 2.45) is 5.10 Å². The third-order valence-electron chi connectivity index (χ3n) is 5.88. The molecule has 1 fully saturated rings. The first kappa shape index (κ1) is 32.7. The number of thioether (sulfide) groups is 1. The Morgan fingerprint density at radius 2 is 2.00 bits per heavy atom. The number of rotatable bonds is 7. The summed E-state index contributed by atoms with van der Waals surface area (Å²) in [7, 11) is 1.16. The molecule has 0 saturated carbocycles. The minimum atomic E-state index is -4.76. The zero-order valence-corrected chi connectivity index (χ0v) is 25.0. The highest BCUT2D eigenvalue weighted by atomic mass is 35.5. The Balaban J connectivity index is 2.04. The summed E-state index contributed by atoms with van der Waals surface area (Å²) < 4.78 is 51.3. The molecule has 2 heterocycles. The van der Waals surface area contributed by atoms with Crippen LogP contribution in [0.1, 0.15) is 48.8 Å². The average Bonchev–Trinajstić information content (AvgIpc) is 2.91. The minimum Gasteiger partial charge on any atom is -0.464 e. The van der Waals surface area contributed by atoms with Crippen molar-refractivity contribution in [3.63, 3.8) is 0 Å². The van der Waals surface area contributed by atoms with E-state index in [0.717, 1.165) is 37.2 Å². The second kappa shape index (κ2) is 13.5. The number of amides is 1. The molecule has 1 N–H and O–H groups in total. The number of alkyl halides is 3. The van der Waals surface area contributed by atoms with E-state index in [2.05, 4.69) is 26.6 Å². The van der Waals surface area contributed by atoms with Gasteiger partial charge < -0.3 is 19.3 Å². The molecular weight excluding hydrogens is 599 g/mol. The van der Waals surface area contributed by atoms with E-state index in [1.54, 1.807) is 31.9 Å². The number of carbonyl (C=O) groups excluding carboxylic acids is 2. The molecule has 0 aliphatic carbocycles. The Bertz CT molecular complexity index is 1400. The van der Waals surface area contributed by atoms with Gasteiger partial charge in [0.2, 0.25) is 0 Å². The Hall–Kier alpha value is -3.77. The number of piperazine rings is 1. The number of halogens is 4. The van der Waals surface area contributed by atoms with Crippen molar-refractivity contribution < 1.29 is 32.2 Å². The molecule has 1 atom stereocenters. The molecule has 0 radical (unpaired) electrons. The van der Waals surface area contributed by atoms with Crippen LogP contribution in [-0.4, -0.2) is 77.8 Å². The molecule has 3 rings (SSSR count). The van der Waals surface area contributed by atoms with Gasteiger partial charge in [-0.25, -0.2) is 19.6 Å². The summed E-state index contributed by atoms with van der Waals surface area (Å²) in [6.07, 6.45) is -2.53. The number of esters is 1. The fraction of sp³-hybridized carbons (Fsp3) is 0.462. The summed E-state index contributed by atoms with van der Waals surface area (Å²) in [4.78, 5) is 37.6. The fourth-order valence-electron chi connectivity index (χ4n) is 4.10. The third kappa shape index (κ3) is 7.95. The Morgan fingerprint density at radius 3 is 2.60 bits per heavy atom. The molecule has 226 valence electrons. The number of carbonyl (C=O) groups is 2. The van der Waals surface area contributed by atoms with E-state index < -0.39 is 46.2 Å². The zero-order chi connectivity index (χ0) is 31.2. The predicted octanol–water partition coefficient (Wildman–Crippen LogP) is 5.44. The average molecular weight is 628 g/mol. The van der Waals surface area contributed by atoms with E-state index in [1.165, 1.54) is 11.0 Å². The highest BCUT2D eigenvalue weighted by Crippen LogP contribution is 2.39. The number of nitrogens with one attached hydrogen (secondary N) is 1. The van der Waals surface area contributed by atoms with Crippen LogP contribution in [0.3, 0.4) is 0 Å². The van der Waals surface area contributed by atoms with Gasteiger partial charge in [0.25, 0.3) is 0 Å². The lowest BCUT2D eigenvalue weighted by molar-refractivity contribution is -0.136. The van der Waals surface area contributed by atoms with Crippen molar-refractivity contribution in [2.75, 3.05) is 43.3 Å². The number of ether oxygens (including phenoxy) is 2. The number of anilines is 2. The maximum atomic E-state index is 13.6. The summed E-state index contributed by atoms with van der Waals surface area (Å²) in [5.74, 6) is -0.607. The van der Waals surface area contributed by atoms with Crippen molar-refractivity contribution >= 4 is 53.1 Å². The van der Waals surface area contributed by atoms with Gasteiger partial charge in [0.05, 0.1) is 53.7 Å². The monoisotopic (exact) mass is 627 g/mol. The maximum absolute atomic E-state index is 13.6. The van der Waals surface area contributed by atoms with E-state index in [0.29, 0.717) is 0 Å². The molecule has 11 nitrogen and oxygen atoms in total. The maximum Gasteiger partial charge on any atom is 0.419 e. The number of hydrogen-bond donors (Lipinski definition) is 1. The van der Waals surface area contributed by atoms with E-state index in [1.807, 2.05) is 0 Å². The Kier molecular flexibility index (Phi) is 10.5. The predicted molar refractivity (Wildman–Crippen MR) is 152 cm³/mol. The largest absolute Gasteiger partial charge is 0.464 e. The van der Waals surface area contributed by atoms with Gasteiger partial charge in [-0.3, -0.25) is 5.43 Å². The van der Waals surface area contributed by atoms with E-state index in [4.69, 9.17) is 21.1 Å². The molecule has 1 aromatic heterocycles. The third-order valence-corrected chi connectivity index (χ3v) is 6.74. The van der Waals surface area contributed by atoms with E-state index >= 15 is 0 Å². The molecule has 1 aromatic carbocycles. The topological polar surface area (TPSA) is 133 Å². The summed E-state index contributed by atoms with van der Waals surface area (Å²) in [5.41, 5.74) is -0.0292. The summed E-state index contributed by atoms with van der Waals surface area (Å²) in [6, 6.07) is 5.09. The molecular formula is C26H29ClF3N7O4S. The standard InChI is InChI=1S/C26H29ClF3N7O4S/c1-25(2,3)41-24(39)37-12-11-36(14-15(37)9-10-31)21-16(20(22(38)40-4)33-23(34-21)42-5)13-32-35-18-8-6-7-17(27)19(18)26(28,29)30/h6-8,13,15,35H,9,11-12,14H2,1-5H3/b32-13+. The molecule has 42 heavy (non-hydrogen) atoms. The highest BCUT2D eigenvalue weighted by molar-refractivity contribution is 7.98. The van der Waals surface area contributed by atoms with E-state index in [9.17, 15) is 28.0 Å². The first-order valence-corrected chi connectivity index (χ1v) is 14.1. The van der Waals surface area contributed by atoms with Crippen molar-refractivity contribution in [3.8, 4) is 6.07 Å². The summed E-state index contributed by atoms with van der Waals surface area (Å²) in [5, 5.41) is 13.1. The Morgan fingerprint density at radius 1 is 1.29 bits per heavy atom. The lowest BCUT2D eigenvalue weighted by Gasteiger charge is -2.41. The van der Waals surface area contributed by atoms with Crippen LogP contribution in [0.15, 0.2) is 28.5 Å². The van der Waals surface area contributed by atoms with Crippen molar-refractivity contribution in [1.29, 1.82) is 5.26 Å². The van der Waals surface area contributed by atoms with Crippen LogP contribution >= 0.6 is 23.4 Å². The molecule has 1 amide bonds. The number of benzene rings is 1. The molecule has 0 bridgehead atoms. The molecule has 1 saturated heterocycles. The van der Waals surface area contributed by atoms with Gasteiger partial charge >= 0.3 is 18.2 Å². The van der Waals surface area contributed by atoms with Gasteiger partial charge in [0, 0.05) is 19.6 Å². The zero-order valence-electron chi connectivity index (χ0n) is 23.5. The molecule has 16 heteroatoms. The number of hydrazone groups is 1. The van der Waals surface area contributed by atoms with E-state index in [-0.39, 0.29) is 48.3 Å². The summed E-state index contributed by atoms with van der Waals surface area (Å²) >= 11 is 6.96. The first-order chi connectivity index (χ1) is 19.7. The number of nitriles is 1. The van der Waals surface area contributed by atoms with Crippen LogP contribution in [0.4, 0.5) is 29.5 Å².